The van der Waals surface area contributed by atoms with Crippen LogP contribution < -0.4 is 16.2 Å². The number of amides is 1. The van der Waals surface area contributed by atoms with Crippen molar-refractivity contribution in [2.45, 2.75) is 51.5 Å². The predicted molar refractivity (Wildman–Crippen MR) is 98.3 cm³/mol. The van der Waals surface area contributed by atoms with Gasteiger partial charge in [-0.25, -0.2) is 0 Å². The Labute approximate surface area is 148 Å². The highest BCUT2D eigenvalue weighted by molar-refractivity contribution is 7.80. The van der Waals surface area contributed by atoms with Gasteiger partial charge in [0, 0.05) is 11.1 Å². The molecule has 1 aliphatic carbocycles. The second-order valence-electron chi connectivity index (χ2n) is 6.34. The Morgan fingerprint density at radius 2 is 1.78 bits per heavy atom. The van der Waals surface area contributed by atoms with E-state index in [1.54, 1.807) is 12.1 Å². The zero-order chi connectivity index (χ0) is 16.8. The summed E-state index contributed by atoms with van der Waals surface area (Å²) >= 11 is 11.2. The van der Waals surface area contributed by atoms with Gasteiger partial charge in [0.05, 0.1) is 5.92 Å². The minimum atomic E-state index is -0.256. The molecule has 2 rings (SSSR count). The number of halogens is 1. The smallest absolute Gasteiger partial charge is 0.246 e. The molecule has 1 amide bonds. The van der Waals surface area contributed by atoms with Crippen LogP contribution in [0, 0.1) is 5.92 Å². The van der Waals surface area contributed by atoms with Gasteiger partial charge in [-0.1, -0.05) is 50.4 Å². The van der Waals surface area contributed by atoms with Gasteiger partial charge in [-0.15, -0.1) is 0 Å². The van der Waals surface area contributed by atoms with E-state index in [2.05, 4.69) is 16.2 Å². The number of carbonyl (C=O) groups is 1. The van der Waals surface area contributed by atoms with E-state index in [9.17, 15) is 4.79 Å². The van der Waals surface area contributed by atoms with Crippen molar-refractivity contribution in [3.8, 4) is 0 Å². The third-order valence-electron chi connectivity index (χ3n) is 4.17. The fourth-order valence-corrected chi connectivity index (χ4v) is 3.34. The van der Waals surface area contributed by atoms with Crippen LogP contribution in [0.25, 0.3) is 0 Å². The summed E-state index contributed by atoms with van der Waals surface area (Å²) < 4.78 is 0. The normalized spacial score (nSPS) is 16.2. The van der Waals surface area contributed by atoms with Crippen molar-refractivity contribution < 1.29 is 4.79 Å². The molecule has 1 aliphatic rings. The summed E-state index contributed by atoms with van der Waals surface area (Å²) in [5, 5.41) is 4.38. The number of hydrogen-bond donors (Lipinski definition) is 3. The molecule has 23 heavy (non-hydrogen) atoms. The van der Waals surface area contributed by atoms with Crippen LogP contribution in [0.2, 0.25) is 5.02 Å². The zero-order valence-electron chi connectivity index (χ0n) is 13.6. The van der Waals surface area contributed by atoms with Gasteiger partial charge in [-0.05, 0) is 48.7 Å². The maximum Gasteiger partial charge on any atom is 0.246 e. The first-order chi connectivity index (χ1) is 11.0. The Bertz CT molecular complexity index is 541. The molecule has 1 atom stereocenters. The van der Waals surface area contributed by atoms with Crippen molar-refractivity contribution in [1.82, 2.24) is 16.2 Å². The standard InChI is InChI=1S/C17H24ClN3OS/c1-11(2)15(12-7-9-13(18)10-8-12)16(22)20-21-17(23)19-14-5-3-4-6-14/h7-11,14-15H,3-6H2,1-2H3,(H,20,22)(H2,19,21,23)/t15-/m0/s1. The average molecular weight is 354 g/mol. The maximum absolute atomic E-state index is 12.5. The summed E-state index contributed by atoms with van der Waals surface area (Å²) in [6.07, 6.45) is 4.74. The van der Waals surface area contributed by atoms with E-state index in [1.165, 1.54) is 12.8 Å². The highest BCUT2D eigenvalue weighted by Crippen LogP contribution is 2.25. The van der Waals surface area contributed by atoms with E-state index in [0.29, 0.717) is 16.2 Å². The van der Waals surface area contributed by atoms with Gasteiger partial charge in [0.2, 0.25) is 5.91 Å². The number of hydrazine groups is 1. The molecular formula is C17H24ClN3OS. The molecule has 1 fully saturated rings. The van der Waals surface area contributed by atoms with Crippen molar-refractivity contribution in [2.75, 3.05) is 0 Å². The third-order valence-corrected chi connectivity index (χ3v) is 4.64. The molecule has 0 spiro atoms. The summed E-state index contributed by atoms with van der Waals surface area (Å²) in [5.74, 6) is -0.193. The molecule has 0 unspecified atom stereocenters. The molecule has 0 radical (unpaired) electrons. The van der Waals surface area contributed by atoms with Crippen molar-refractivity contribution in [2.24, 2.45) is 5.92 Å². The number of carbonyl (C=O) groups excluding carboxylic acids is 1. The van der Waals surface area contributed by atoms with Gasteiger partial charge < -0.3 is 5.32 Å². The summed E-state index contributed by atoms with van der Waals surface area (Å²) in [5.41, 5.74) is 6.49. The van der Waals surface area contributed by atoms with Crippen LogP contribution in [-0.2, 0) is 4.79 Å². The molecule has 0 saturated heterocycles. The number of thiocarbonyl (C=S) groups is 1. The van der Waals surface area contributed by atoms with E-state index < -0.39 is 0 Å². The van der Waals surface area contributed by atoms with Gasteiger partial charge in [0.15, 0.2) is 5.11 Å². The van der Waals surface area contributed by atoms with Crippen LogP contribution in [0.15, 0.2) is 24.3 Å². The summed E-state index contributed by atoms with van der Waals surface area (Å²) in [7, 11) is 0. The first-order valence-corrected chi connectivity index (χ1v) is 8.88. The van der Waals surface area contributed by atoms with E-state index in [0.717, 1.165) is 18.4 Å². The lowest BCUT2D eigenvalue weighted by Crippen LogP contribution is -2.50. The van der Waals surface area contributed by atoms with Crippen molar-refractivity contribution >= 4 is 34.8 Å². The molecule has 4 nitrogen and oxygen atoms in total. The zero-order valence-corrected chi connectivity index (χ0v) is 15.1. The molecule has 1 aromatic rings. The first kappa shape index (κ1) is 18.0. The maximum atomic E-state index is 12.5. The van der Waals surface area contributed by atoms with E-state index in [4.69, 9.17) is 23.8 Å². The van der Waals surface area contributed by atoms with Crippen molar-refractivity contribution in [1.29, 1.82) is 0 Å². The van der Waals surface area contributed by atoms with Crippen LogP contribution in [-0.4, -0.2) is 17.1 Å². The lowest BCUT2D eigenvalue weighted by atomic mass is 9.88. The third kappa shape index (κ3) is 5.36. The lowest BCUT2D eigenvalue weighted by Gasteiger charge is -2.22. The molecule has 0 heterocycles. The van der Waals surface area contributed by atoms with E-state index in [1.807, 2.05) is 26.0 Å². The topological polar surface area (TPSA) is 53.2 Å². The van der Waals surface area contributed by atoms with E-state index >= 15 is 0 Å². The summed E-state index contributed by atoms with van der Waals surface area (Å²) in [6.45, 7) is 4.04. The van der Waals surface area contributed by atoms with Crippen molar-refractivity contribution in [3.63, 3.8) is 0 Å². The first-order valence-electron chi connectivity index (χ1n) is 8.09. The van der Waals surface area contributed by atoms with Crippen LogP contribution in [0.1, 0.15) is 51.0 Å². The largest absolute Gasteiger partial charge is 0.359 e. The van der Waals surface area contributed by atoms with Gasteiger partial charge in [0.1, 0.15) is 0 Å². The Morgan fingerprint density at radius 3 is 2.35 bits per heavy atom. The monoisotopic (exact) mass is 353 g/mol. The predicted octanol–water partition coefficient (Wildman–Crippen LogP) is 3.52. The lowest BCUT2D eigenvalue weighted by molar-refractivity contribution is -0.124. The molecule has 0 bridgehead atoms. The molecule has 6 heteroatoms. The minimum Gasteiger partial charge on any atom is -0.359 e. The molecule has 1 saturated carbocycles. The highest BCUT2D eigenvalue weighted by atomic mass is 35.5. The number of rotatable bonds is 4. The van der Waals surface area contributed by atoms with Gasteiger partial charge >= 0.3 is 0 Å². The second-order valence-corrected chi connectivity index (χ2v) is 7.19. The average Bonchev–Trinajstić information content (AvgIpc) is 3.00. The minimum absolute atomic E-state index is 0.0992. The summed E-state index contributed by atoms with van der Waals surface area (Å²) in [4.78, 5) is 12.5. The van der Waals surface area contributed by atoms with Crippen LogP contribution in [0.4, 0.5) is 0 Å². The second kappa shape index (κ2) is 8.50. The Morgan fingerprint density at radius 1 is 1.17 bits per heavy atom. The van der Waals surface area contributed by atoms with Crippen molar-refractivity contribution in [3.05, 3.63) is 34.9 Å². The van der Waals surface area contributed by atoms with E-state index in [-0.39, 0.29) is 17.7 Å². The van der Waals surface area contributed by atoms with Crippen LogP contribution in [0.3, 0.4) is 0 Å². The van der Waals surface area contributed by atoms with Crippen LogP contribution >= 0.6 is 23.8 Å². The van der Waals surface area contributed by atoms with Gasteiger partial charge in [0.25, 0.3) is 0 Å². The number of nitrogens with one attached hydrogen (secondary N) is 3. The highest BCUT2D eigenvalue weighted by Gasteiger charge is 2.24. The Balaban J connectivity index is 1.90. The molecule has 0 aromatic heterocycles. The Hall–Kier alpha value is -1.33. The molecule has 126 valence electrons. The fourth-order valence-electron chi connectivity index (χ4n) is 3.00. The molecule has 1 aromatic carbocycles. The van der Waals surface area contributed by atoms with Gasteiger partial charge in [-0.2, -0.15) is 0 Å². The SMILES string of the molecule is CC(C)[C@H](C(=O)NNC(=S)NC1CCCC1)c1ccc(Cl)cc1. The molecule has 3 N–H and O–H groups in total. The summed E-state index contributed by atoms with van der Waals surface area (Å²) in [6, 6.07) is 7.81. The van der Waals surface area contributed by atoms with Crippen LogP contribution in [0.5, 0.6) is 0 Å². The quantitative estimate of drug-likeness (QED) is 0.572. The molecular weight excluding hydrogens is 330 g/mol. The Kier molecular flexibility index (Phi) is 6.66. The fraction of sp³-hybridized carbons (Fsp3) is 0.529. The van der Waals surface area contributed by atoms with Gasteiger partial charge in [-0.3, -0.25) is 15.6 Å². The number of benzene rings is 1. The number of hydrogen-bond acceptors (Lipinski definition) is 2. The molecule has 0 aliphatic heterocycles.